The third-order valence-corrected chi connectivity index (χ3v) is 8.31. The van der Waals surface area contributed by atoms with E-state index in [4.69, 9.17) is 16.5 Å². The highest BCUT2D eigenvalue weighted by atomic mass is 16.3. The molecule has 0 radical (unpaired) electrons. The SMILES string of the molecule is CC(C)CNc1nc(N)nc2c(CCCC[C@@H](CO)Nc3nc(N)nc4ccn(Cc5ccccc5)c34)cn(Cc3ccccc3)c12. The van der Waals surface area contributed by atoms with E-state index < -0.39 is 0 Å². The molecule has 6 rings (SSSR count). The molecule has 6 aromatic rings. The van der Waals surface area contributed by atoms with Crippen LogP contribution in [0, 0.1) is 5.92 Å². The van der Waals surface area contributed by atoms with Crippen LogP contribution in [0.3, 0.4) is 0 Å². The molecule has 11 nitrogen and oxygen atoms in total. The van der Waals surface area contributed by atoms with Crippen LogP contribution in [-0.2, 0) is 19.5 Å². The van der Waals surface area contributed by atoms with Crippen LogP contribution in [-0.4, -0.2) is 53.4 Å². The van der Waals surface area contributed by atoms with E-state index in [9.17, 15) is 5.11 Å². The molecule has 0 fully saturated rings. The Morgan fingerprint density at radius 2 is 1.43 bits per heavy atom. The minimum atomic E-state index is -0.197. The van der Waals surface area contributed by atoms with Gasteiger partial charge in [0, 0.05) is 32.0 Å². The zero-order valence-electron chi connectivity index (χ0n) is 27.1. The molecule has 0 aliphatic heterocycles. The number of nitrogens with one attached hydrogen (secondary N) is 2. The van der Waals surface area contributed by atoms with Gasteiger partial charge in [0.15, 0.2) is 11.6 Å². The first-order chi connectivity index (χ1) is 22.9. The van der Waals surface area contributed by atoms with Gasteiger partial charge in [-0.15, -0.1) is 0 Å². The molecule has 0 aliphatic carbocycles. The predicted octanol–water partition coefficient (Wildman–Crippen LogP) is 5.69. The highest BCUT2D eigenvalue weighted by molar-refractivity contribution is 5.90. The van der Waals surface area contributed by atoms with Crippen molar-refractivity contribution in [3.63, 3.8) is 0 Å². The number of nitrogens with zero attached hydrogens (tertiary/aromatic N) is 6. The molecule has 1 atom stereocenters. The number of hydrogen-bond acceptors (Lipinski definition) is 9. The van der Waals surface area contributed by atoms with Gasteiger partial charge in [-0.3, -0.25) is 0 Å². The summed E-state index contributed by atoms with van der Waals surface area (Å²) in [5, 5.41) is 17.3. The molecule has 2 aromatic carbocycles. The largest absolute Gasteiger partial charge is 0.394 e. The maximum atomic E-state index is 10.4. The van der Waals surface area contributed by atoms with Crippen molar-refractivity contribution in [2.45, 2.75) is 58.7 Å². The summed E-state index contributed by atoms with van der Waals surface area (Å²) in [5.74, 6) is 2.31. The molecule has 0 bridgehead atoms. The molecular weight excluding hydrogens is 588 g/mol. The van der Waals surface area contributed by atoms with Crippen LogP contribution < -0.4 is 22.1 Å². The van der Waals surface area contributed by atoms with Gasteiger partial charge in [0.2, 0.25) is 11.9 Å². The monoisotopic (exact) mass is 632 g/mol. The number of unbranched alkanes of at least 4 members (excludes halogenated alkanes) is 1. The molecule has 11 heteroatoms. The van der Waals surface area contributed by atoms with E-state index in [1.807, 2.05) is 36.5 Å². The maximum Gasteiger partial charge on any atom is 0.222 e. The maximum absolute atomic E-state index is 10.4. The molecule has 4 heterocycles. The zero-order chi connectivity index (χ0) is 32.8. The number of aliphatic hydroxyl groups excluding tert-OH is 1. The number of aromatic nitrogens is 6. The molecule has 4 aromatic heterocycles. The number of nitrogens with two attached hydrogens (primary N) is 2. The number of fused-ring (bicyclic) bond motifs is 2. The van der Waals surface area contributed by atoms with E-state index in [0.717, 1.165) is 65.7 Å². The lowest BCUT2D eigenvalue weighted by molar-refractivity contribution is 0.266. The van der Waals surface area contributed by atoms with Crippen LogP contribution >= 0.6 is 0 Å². The van der Waals surface area contributed by atoms with Crippen molar-refractivity contribution in [1.29, 1.82) is 0 Å². The van der Waals surface area contributed by atoms with Gasteiger partial charge < -0.3 is 36.3 Å². The fourth-order valence-corrected chi connectivity index (χ4v) is 6.04. The topological polar surface area (TPSA) is 158 Å². The van der Waals surface area contributed by atoms with Gasteiger partial charge in [-0.1, -0.05) is 80.9 Å². The van der Waals surface area contributed by atoms with Gasteiger partial charge >= 0.3 is 0 Å². The van der Waals surface area contributed by atoms with Crippen molar-refractivity contribution < 1.29 is 5.11 Å². The Labute approximate surface area is 275 Å². The van der Waals surface area contributed by atoms with Crippen molar-refractivity contribution >= 4 is 45.6 Å². The number of hydrogen-bond donors (Lipinski definition) is 5. The number of anilines is 4. The predicted molar refractivity (Wildman–Crippen MR) is 190 cm³/mol. The van der Waals surface area contributed by atoms with Crippen LogP contribution in [0.2, 0.25) is 0 Å². The summed E-state index contributed by atoms with van der Waals surface area (Å²) in [4.78, 5) is 18.3. The van der Waals surface area contributed by atoms with Crippen molar-refractivity contribution in [1.82, 2.24) is 29.1 Å². The highest BCUT2D eigenvalue weighted by Gasteiger charge is 2.19. The van der Waals surface area contributed by atoms with E-state index in [-0.39, 0.29) is 24.5 Å². The number of aliphatic hydroxyl groups is 1. The first kappa shape index (κ1) is 31.8. The minimum absolute atomic E-state index is 0.0319. The Bertz CT molecular complexity index is 1920. The highest BCUT2D eigenvalue weighted by Crippen LogP contribution is 2.29. The third kappa shape index (κ3) is 7.63. The van der Waals surface area contributed by atoms with Gasteiger partial charge in [-0.2, -0.15) is 9.97 Å². The van der Waals surface area contributed by atoms with E-state index in [1.165, 1.54) is 11.1 Å². The summed E-state index contributed by atoms with van der Waals surface area (Å²) in [5.41, 5.74) is 19.3. The number of aryl methyl sites for hydroxylation is 1. The Kier molecular flexibility index (Phi) is 9.82. The smallest absolute Gasteiger partial charge is 0.222 e. The van der Waals surface area contributed by atoms with E-state index >= 15 is 0 Å². The van der Waals surface area contributed by atoms with Crippen LogP contribution in [0.5, 0.6) is 0 Å². The van der Waals surface area contributed by atoms with Crippen LogP contribution in [0.1, 0.15) is 49.8 Å². The molecule has 0 spiro atoms. The lowest BCUT2D eigenvalue weighted by Gasteiger charge is -2.19. The van der Waals surface area contributed by atoms with Gasteiger partial charge in [0.1, 0.15) is 11.0 Å². The van der Waals surface area contributed by atoms with Gasteiger partial charge in [-0.25, -0.2) is 9.97 Å². The lowest BCUT2D eigenvalue weighted by Crippen LogP contribution is -2.25. The Hall–Kier alpha value is -5.16. The Morgan fingerprint density at radius 1 is 0.766 bits per heavy atom. The summed E-state index contributed by atoms with van der Waals surface area (Å²) in [6, 6.07) is 22.4. The Balaban J connectivity index is 1.17. The van der Waals surface area contributed by atoms with Crippen molar-refractivity contribution in [3.05, 3.63) is 95.8 Å². The van der Waals surface area contributed by atoms with Crippen LogP contribution in [0.15, 0.2) is 79.1 Å². The number of nitrogen functional groups attached to an aromatic ring is 2. The minimum Gasteiger partial charge on any atom is -0.394 e. The first-order valence-corrected chi connectivity index (χ1v) is 16.3. The fraction of sp³-hybridized carbons (Fsp3) is 0.333. The third-order valence-electron chi connectivity index (χ3n) is 8.31. The van der Waals surface area contributed by atoms with Crippen molar-refractivity contribution in [3.8, 4) is 0 Å². The molecule has 0 unspecified atom stereocenters. The van der Waals surface area contributed by atoms with Crippen molar-refractivity contribution in [2.24, 2.45) is 5.92 Å². The van der Waals surface area contributed by atoms with Gasteiger partial charge in [-0.05, 0) is 47.9 Å². The number of rotatable bonds is 15. The zero-order valence-corrected chi connectivity index (χ0v) is 27.1. The van der Waals surface area contributed by atoms with E-state index in [1.54, 1.807) is 0 Å². The first-order valence-electron chi connectivity index (χ1n) is 16.3. The van der Waals surface area contributed by atoms with Crippen LogP contribution in [0.4, 0.5) is 23.5 Å². The standard InChI is InChI=1S/C36H44N10O/c1-24(2)19-39-33-32-30(42-36(38)43-33)27(22-46(32)21-26-13-7-4-8-14-26)15-9-10-16-28(23-47)40-34-31-29(41-35(37)44-34)17-18-45(31)20-25-11-5-3-6-12-25/h3-8,11-14,17-18,22,24,28,47H,9-10,15-16,19-21,23H2,1-2H3,(H3,37,40,41,44)(H3,38,39,42,43)/t28-/m0/s1. The molecule has 47 heavy (non-hydrogen) atoms. The normalized spacial score (nSPS) is 12.3. The second-order valence-corrected chi connectivity index (χ2v) is 12.5. The molecule has 0 amide bonds. The molecule has 0 aliphatic rings. The second kappa shape index (κ2) is 14.5. The molecule has 7 N–H and O–H groups in total. The summed E-state index contributed by atoms with van der Waals surface area (Å²) in [6.07, 6.45) is 7.56. The van der Waals surface area contributed by atoms with Crippen LogP contribution in [0.25, 0.3) is 22.1 Å². The summed E-state index contributed by atoms with van der Waals surface area (Å²) in [6.45, 7) is 6.48. The number of benzene rings is 2. The van der Waals surface area contributed by atoms with E-state index in [0.29, 0.717) is 24.8 Å². The average Bonchev–Trinajstić information content (AvgIpc) is 3.62. The second-order valence-electron chi connectivity index (χ2n) is 12.5. The van der Waals surface area contributed by atoms with Crippen molar-refractivity contribution in [2.75, 3.05) is 35.3 Å². The lowest BCUT2D eigenvalue weighted by atomic mass is 10.1. The molecule has 0 saturated carbocycles. The summed E-state index contributed by atoms with van der Waals surface area (Å²) < 4.78 is 4.35. The molecule has 0 saturated heterocycles. The quantitative estimate of drug-likeness (QED) is 0.0897. The van der Waals surface area contributed by atoms with Gasteiger partial charge in [0.25, 0.3) is 0 Å². The molecular formula is C36H44N10O. The molecule has 244 valence electrons. The average molecular weight is 633 g/mol. The van der Waals surface area contributed by atoms with Gasteiger partial charge in [0.05, 0.1) is 23.7 Å². The fourth-order valence-electron chi connectivity index (χ4n) is 6.04. The Morgan fingerprint density at radius 3 is 2.11 bits per heavy atom. The summed E-state index contributed by atoms with van der Waals surface area (Å²) >= 11 is 0. The summed E-state index contributed by atoms with van der Waals surface area (Å²) in [7, 11) is 0. The van der Waals surface area contributed by atoms with E-state index in [2.05, 4.69) is 91.2 Å².